The number of hydrogen-bond acceptors (Lipinski definition) is 2. The highest BCUT2D eigenvalue weighted by Gasteiger charge is 2.23. The van der Waals surface area contributed by atoms with Gasteiger partial charge in [0.2, 0.25) is 0 Å². The first-order valence-electron chi connectivity index (χ1n) is 6.48. The lowest BCUT2D eigenvalue weighted by Gasteiger charge is -2.35. The van der Waals surface area contributed by atoms with E-state index in [0.29, 0.717) is 12.5 Å². The van der Waals surface area contributed by atoms with Gasteiger partial charge in [-0.3, -0.25) is 4.79 Å². The lowest BCUT2D eigenvalue weighted by molar-refractivity contribution is -0.117. The summed E-state index contributed by atoms with van der Waals surface area (Å²) >= 11 is 0. The Hall–Kier alpha value is -1.31. The third-order valence-electron chi connectivity index (χ3n) is 3.19. The summed E-state index contributed by atoms with van der Waals surface area (Å²) in [6.07, 6.45) is 2.86. The highest BCUT2D eigenvalue weighted by atomic mass is 16.1. The van der Waals surface area contributed by atoms with E-state index in [4.69, 9.17) is 0 Å². The Balaban J connectivity index is 0.000000686. The van der Waals surface area contributed by atoms with Crippen molar-refractivity contribution in [1.82, 2.24) is 0 Å². The van der Waals surface area contributed by atoms with E-state index in [1.54, 1.807) is 6.92 Å². The van der Waals surface area contributed by atoms with Crippen LogP contribution in [0.4, 0.5) is 5.69 Å². The quantitative estimate of drug-likeness (QED) is 0.780. The Morgan fingerprint density at radius 1 is 1.35 bits per heavy atom. The second kappa shape index (κ2) is 6.43. The number of benzene rings is 1. The molecule has 0 aliphatic carbocycles. The van der Waals surface area contributed by atoms with E-state index in [9.17, 15) is 4.79 Å². The third-order valence-corrected chi connectivity index (χ3v) is 3.19. The summed E-state index contributed by atoms with van der Waals surface area (Å²) < 4.78 is 0. The van der Waals surface area contributed by atoms with Crippen LogP contribution in [0.5, 0.6) is 0 Å². The van der Waals surface area contributed by atoms with Gasteiger partial charge in [0, 0.05) is 25.2 Å². The molecule has 1 heterocycles. The van der Waals surface area contributed by atoms with Crippen LogP contribution in [-0.2, 0) is 11.2 Å². The normalized spacial score (nSPS) is 17.9. The minimum absolute atomic E-state index is 0.284. The van der Waals surface area contributed by atoms with Crippen LogP contribution in [0.15, 0.2) is 24.3 Å². The van der Waals surface area contributed by atoms with Gasteiger partial charge in [-0.25, -0.2) is 0 Å². The van der Waals surface area contributed by atoms with Crippen molar-refractivity contribution in [3.8, 4) is 0 Å². The molecule has 1 atom stereocenters. The Kier molecular flexibility index (Phi) is 5.20. The summed E-state index contributed by atoms with van der Waals surface area (Å²) in [7, 11) is 2.09. The van der Waals surface area contributed by atoms with Crippen LogP contribution >= 0.6 is 0 Å². The third kappa shape index (κ3) is 3.32. The highest BCUT2D eigenvalue weighted by molar-refractivity contribution is 5.77. The van der Waals surface area contributed by atoms with Crippen molar-refractivity contribution < 1.29 is 4.79 Å². The molecular formula is C15H23NO. The average Bonchev–Trinajstić information content (AvgIpc) is 2.35. The molecule has 1 aromatic rings. The number of fused-ring (bicyclic) bond motifs is 1. The molecule has 0 N–H and O–H groups in total. The molecule has 0 saturated carbocycles. The summed E-state index contributed by atoms with van der Waals surface area (Å²) in [4.78, 5) is 13.4. The molecule has 1 aliphatic rings. The SMILES string of the molecule is CC.CC(=O)CC1CCc2ccccc2N1C. The number of carbonyl (C=O) groups is 1. The monoisotopic (exact) mass is 233 g/mol. The van der Waals surface area contributed by atoms with Crippen molar-refractivity contribution in [2.45, 2.75) is 46.1 Å². The first-order valence-corrected chi connectivity index (χ1v) is 6.48. The molecule has 2 nitrogen and oxygen atoms in total. The van der Waals surface area contributed by atoms with Crippen LogP contribution in [0, 0.1) is 0 Å². The maximum atomic E-state index is 11.1. The summed E-state index contributed by atoms with van der Waals surface area (Å²) in [5.41, 5.74) is 2.69. The van der Waals surface area contributed by atoms with Gasteiger partial charge in [0.15, 0.2) is 0 Å². The average molecular weight is 233 g/mol. The number of rotatable bonds is 2. The lowest BCUT2D eigenvalue weighted by Crippen LogP contribution is -2.37. The molecule has 0 amide bonds. The van der Waals surface area contributed by atoms with Gasteiger partial charge in [0.25, 0.3) is 0 Å². The Bertz CT molecular complexity index is 373. The Labute approximate surface area is 105 Å². The van der Waals surface area contributed by atoms with Crippen molar-refractivity contribution in [3.63, 3.8) is 0 Å². The zero-order valence-corrected chi connectivity index (χ0v) is 11.4. The maximum Gasteiger partial charge on any atom is 0.131 e. The van der Waals surface area contributed by atoms with Gasteiger partial charge in [0.05, 0.1) is 0 Å². The van der Waals surface area contributed by atoms with Crippen LogP contribution in [-0.4, -0.2) is 18.9 Å². The van der Waals surface area contributed by atoms with Gasteiger partial charge in [-0.2, -0.15) is 0 Å². The molecule has 1 unspecified atom stereocenters. The molecule has 2 heteroatoms. The van der Waals surface area contributed by atoms with Gasteiger partial charge in [-0.05, 0) is 31.4 Å². The minimum Gasteiger partial charge on any atom is -0.371 e. The number of carbonyl (C=O) groups excluding carboxylic acids is 1. The van der Waals surface area contributed by atoms with Crippen molar-refractivity contribution in [2.24, 2.45) is 0 Å². The number of para-hydroxylation sites is 1. The maximum absolute atomic E-state index is 11.1. The summed E-state index contributed by atoms with van der Waals surface area (Å²) in [5.74, 6) is 0.284. The van der Waals surface area contributed by atoms with E-state index in [2.05, 4.69) is 36.2 Å². The number of ketones is 1. The van der Waals surface area contributed by atoms with Crippen molar-refractivity contribution >= 4 is 11.5 Å². The molecule has 2 rings (SSSR count). The van der Waals surface area contributed by atoms with Gasteiger partial charge in [-0.1, -0.05) is 32.0 Å². The van der Waals surface area contributed by atoms with Crippen molar-refractivity contribution in [3.05, 3.63) is 29.8 Å². The largest absolute Gasteiger partial charge is 0.371 e. The van der Waals surface area contributed by atoms with Crippen molar-refractivity contribution in [1.29, 1.82) is 0 Å². The minimum atomic E-state index is 0.284. The van der Waals surface area contributed by atoms with E-state index in [-0.39, 0.29) is 5.78 Å². The zero-order chi connectivity index (χ0) is 12.8. The topological polar surface area (TPSA) is 20.3 Å². The van der Waals surface area contributed by atoms with Crippen LogP contribution < -0.4 is 4.90 Å². The second-order valence-electron chi connectivity index (χ2n) is 4.34. The summed E-state index contributed by atoms with van der Waals surface area (Å²) in [6.45, 7) is 5.67. The first-order chi connectivity index (χ1) is 8.18. The smallest absolute Gasteiger partial charge is 0.131 e. The number of hydrogen-bond donors (Lipinski definition) is 0. The van der Waals surface area contributed by atoms with E-state index in [1.807, 2.05) is 13.8 Å². The predicted molar refractivity (Wildman–Crippen MR) is 73.6 cm³/mol. The number of anilines is 1. The Morgan fingerprint density at radius 3 is 2.65 bits per heavy atom. The zero-order valence-electron chi connectivity index (χ0n) is 11.4. The Morgan fingerprint density at radius 2 is 2.00 bits per heavy atom. The van der Waals surface area contributed by atoms with Crippen molar-refractivity contribution in [2.75, 3.05) is 11.9 Å². The second-order valence-corrected chi connectivity index (χ2v) is 4.34. The van der Waals surface area contributed by atoms with Gasteiger partial charge >= 0.3 is 0 Å². The molecule has 0 radical (unpaired) electrons. The molecule has 0 bridgehead atoms. The molecule has 1 aliphatic heterocycles. The van der Waals surface area contributed by atoms with E-state index in [0.717, 1.165) is 12.8 Å². The number of aryl methyl sites for hydroxylation is 1. The molecule has 0 fully saturated rings. The van der Waals surface area contributed by atoms with E-state index in [1.165, 1.54) is 11.3 Å². The molecule has 17 heavy (non-hydrogen) atoms. The summed E-state index contributed by atoms with van der Waals surface area (Å²) in [6, 6.07) is 8.85. The van der Waals surface area contributed by atoms with Gasteiger partial charge < -0.3 is 4.90 Å². The molecule has 0 saturated heterocycles. The van der Waals surface area contributed by atoms with Gasteiger partial charge in [0.1, 0.15) is 5.78 Å². The molecule has 0 aromatic heterocycles. The van der Waals surface area contributed by atoms with Crippen LogP contribution in [0.2, 0.25) is 0 Å². The van der Waals surface area contributed by atoms with Crippen LogP contribution in [0.3, 0.4) is 0 Å². The lowest BCUT2D eigenvalue weighted by atomic mass is 9.93. The predicted octanol–water partition coefficient (Wildman–Crippen LogP) is 3.44. The molecule has 0 spiro atoms. The summed E-state index contributed by atoms with van der Waals surface area (Å²) in [5, 5.41) is 0. The highest BCUT2D eigenvalue weighted by Crippen LogP contribution is 2.30. The fourth-order valence-electron chi connectivity index (χ4n) is 2.35. The number of Topliss-reactive ketones (excluding diaryl/α,β-unsaturated/α-hetero) is 1. The standard InChI is InChI=1S/C13H17NO.C2H6/c1-10(15)9-12-8-7-11-5-3-4-6-13(11)14(12)2;1-2/h3-6,12H,7-9H2,1-2H3;1-2H3. The first kappa shape index (κ1) is 13.8. The van der Waals surface area contributed by atoms with E-state index < -0.39 is 0 Å². The fourth-order valence-corrected chi connectivity index (χ4v) is 2.35. The van der Waals surface area contributed by atoms with E-state index >= 15 is 0 Å². The molecular weight excluding hydrogens is 210 g/mol. The van der Waals surface area contributed by atoms with Gasteiger partial charge in [-0.15, -0.1) is 0 Å². The molecule has 94 valence electrons. The molecule has 1 aromatic carbocycles. The van der Waals surface area contributed by atoms with Crippen LogP contribution in [0.25, 0.3) is 0 Å². The van der Waals surface area contributed by atoms with Crippen LogP contribution in [0.1, 0.15) is 39.2 Å². The fraction of sp³-hybridized carbons (Fsp3) is 0.533. The number of nitrogens with zero attached hydrogens (tertiary/aromatic N) is 1.